The Morgan fingerprint density at radius 2 is 1.75 bits per heavy atom. The number of pyridine rings is 1. The van der Waals surface area contributed by atoms with Crippen LogP contribution in [0.5, 0.6) is 0 Å². The van der Waals surface area contributed by atoms with Crippen LogP contribution in [0, 0.1) is 0 Å². The van der Waals surface area contributed by atoms with Crippen LogP contribution < -0.4 is 0 Å². The summed E-state index contributed by atoms with van der Waals surface area (Å²) >= 11 is 3.39. The lowest BCUT2D eigenvalue weighted by Crippen LogP contribution is -2.06. The van der Waals surface area contributed by atoms with Crippen molar-refractivity contribution in [1.82, 2.24) is 4.98 Å². The maximum Gasteiger partial charge on any atom is 0.186 e. The number of aromatic nitrogens is 1. The fourth-order valence-electron chi connectivity index (χ4n) is 2.21. The Balaban J connectivity index is 1.94. The third-order valence-electron chi connectivity index (χ3n) is 3.22. The van der Waals surface area contributed by atoms with Gasteiger partial charge in [0.15, 0.2) is 5.78 Å². The van der Waals surface area contributed by atoms with Gasteiger partial charge in [-0.15, -0.1) is 0 Å². The normalized spacial score (nSPS) is 10.7. The topological polar surface area (TPSA) is 30.0 Å². The van der Waals surface area contributed by atoms with Gasteiger partial charge in [0, 0.05) is 22.5 Å². The van der Waals surface area contributed by atoms with E-state index in [1.807, 2.05) is 54.6 Å². The monoisotopic (exact) mass is 325 g/mol. The molecule has 0 aliphatic heterocycles. The Labute approximate surface area is 125 Å². The highest BCUT2D eigenvalue weighted by Crippen LogP contribution is 2.18. The van der Waals surface area contributed by atoms with Gasteiger partial charge in [0.05, 0.1) is 0 Å². The summed E-state index contributed by atoms with van der Waals surface area (Å²) in [7, 11) is 0. The Morgan fingerprint density at radius 3 is 2.55 bits per heavy atom. The van der Waals surface area contributed by atoms with Crippen molar-refractivity contribution in [2.24, 2.45) is 0 Å². The quantitative estimate of drug-likeness (QED) is 0.667. The molecule has 3 aromatic rings. The fourth-order valence-corrected chi connectivity index (χ4v) is 2.48. The summed E-state index contributed by atoms with van der Waals surface area (Å²) in [5, 5.41) is 1.96. The van der Waals surface area contributed by atoms with Crippen molar-refractivity contribution >= 4 is 32.5 Å². The summed E-state index contributed by atoms with van der Waals surface area (Å²) in [5.41, 5.74) is 1.54. The van der Waals surface area contributed by atoms with Gasteiger partial charge in [0.1, 0.15) is 5.69 Å². The molecule has 3 heteroatoms. The number of fused-ring (bicyclic) bond motifs is 1. The summed E-state index contributed by atoms with van der Waals surface area (Å²) in [6.45, 7) is 0. The van der Waals surface area contributed by atoms with E-state index in [9.17, 15) is 4.79 Å². The minimum atomic E-state index is 0.0455. The molecule has 0 spiro atoms. The molecule has 3 rings (SSSR count). The van der Waals surface area contributed by atoms with E-state index in [2.05, 4.69) is 20.9 Å². The SMILES string of the molecule is O=C(Cc1ccc(Br)cc1)c1nccc2ccccc12. The molecule has 0 bridgehead atoms. The predicted octanol–water partition coefficient (Wildman–Crippen LogP) is 4.42. The van der Waals surface area contributed by atoms with E-state index in [1.54, 1.807) is 6.20 Å². The van der Waals surface area contributed by atoms with Crippen LogP contribution in [0.1, 0.15) is 16.1 Å². The van der Waals surface area contributed by atoms with Crippen LogP contribution in [0.25, 0.3) is 10.8 Å². The van der Waals surface area contributed by atoms with Gasteiger partial charge in [-0.2, -0.15) is 0 Å². The summed E-state index contributed by atoms with van der Waals surface area (Å²) in [5.74, 6) is 0.0455. The van der Waals surface area contributed by atoms with E-state index in [0.29, 0.717) is 12.1 Å². The molecular weight excluding hydrogens is 314 g/mol. The smallest absolute Gasteiger partial charge is 0.186 e. The number of hydrogen-bond donors (Lipinski definition) is 0. The van der Waals surface area contributed by atoms with Crippen molar-refractivity contribution in [2.45, 2.75) is 6.42 Å². The lowest BCUT2D eigenvalue weighted by molar-refractivity contribution is 0.0990. The van der Waals surface area contributed by atoms with E-state index in [1.165, 1.54) is 0 Å². The Hall–Kier alpha value is -2.00. The molecule has 0 unspecified atom stereocenters. The van der Waals surface area contributed by atoms with Gasteiger partial charge in [-0.1, -0.05) is 52.3 Å². The van der Waals surface area contributed by atoms with E-state index in [-0.39, 0.29) is 5.78 Å². The van der Waals surface area contributed by atoms with E-state index < -0.39 is 0 Å². The summed E-state index contributed by atoms with van der Waals surface area (Å²) in [6, 6.07) is 17.5. The van der Waals surface area contributed by atoms with Gasteiger partial charge >= 0.3 is 0 Å². The molecule has 0 fully saturated rings. The number of Topliss-reactive ketones (excluding diaryl/α,β-unsaturated/α-hetero) is 1. The Kier molecular flexibility index (Phi) is 3.61. The Morgan fingerprint density at radius 1 is 1.00 bits per heavy atom. The average molecular weight is 326 g/mol. The Bertz CT molecular complexity index is 760. The highest BCUT2D eigenvalue weighted by molar-refractivity contribution is 9.10. The molecule has 0 radical (unpaired) electrons. The highest BCUT2D eigenvalue weighted by atomic mass is 79.9. The van der Waals surface area contributed by atoms with Gasteiger partial charge in [-0.25, -0.2) is 0 Å². The molecule has 0 saturated carbocycles. The molecule has 0 aliphatic rings. The minimum Gasteiger partial charge on any atom is -0.292 e. The maximum atomic E-state index is 12.4. The predicted molar refractivity (Wildman–Crippen MR) is 83.9 cm³/mol. The molecule has 0 atom stereocenters. The number of nitrogens with zero attached hydrogens (tertiary/aromatic N) is 1. The largest absolute Gasteiger partial charge is 0.292 e. The molecular formula is C17H12BrNO. The first kappa shape index (κ1) is 13.0. The number of halogens is 1. The first-order chi connectivity index (χ1) is 9.74. The van der Waals surface area contributed by atoms with Crippen LogP contribution in [-0.2, 0) is 6.42 Å². The number of rotatable bonds is 3. The molecule has 0 amide bonds. The van der Waals surface area contributed by atoms with Gasteiger partial charge in [-0.05, 0) is 29.1 Å². The number of ketones is 1. The van der Waals surface area contributed by atoms with Crippen molar-refractivity contribution in [2.75, 3.05) is 0 Å². The summed E-state index contributed by atoms with van der Waals surface area (Å²) in [6.07, 6.45) is 2.06. The first-order valence-electron chi connectivity index (χ1n) is 6.35. The standard InChI is InChI=1S/C17H12BrNO/c18-14-7-5-12(6-8-14)11-16(20)17-15-4-2-1-3-13(15)9-10-19-17/h1-10H,11H2. The van der Waals surface area contributed by atoms with Crippen LogP contribution in [0.15, 0.2) is 65.3 Å². The first-order valence-corrected chi connectivity index (χ1v) is 7.15. The molecule has 2 nitrogen and oxygen atoms in total. The van der Waals surface area contributed by atoms with Crippen molar-refractivity contribution < 1.29 is 4.79 Å². The zero-order chi connectivity index (χ0) is 13.9. The average Bonchev–Trinajstić information content (AvgIpc) is 2.49. The van der Waals surface area contributed by atoms with E-state index in [4.69, 9.17) is 0 Å². The molecule has 98 valence electrons. The third-order valence-corrected chi connectivity index (χ3v) is 3.74. The van der Waals surface area contributed by atoms with Gasteiger partial charge < -0.3 is 0 Å². The van der Waals surface area contributed by atoms with Crippen LogP contribution in [0.4, 0.5) is 0 Å². The molecule has 0 N–H and O–H groups in total. The molecule has 0 saturated heterocycles. The van der Waals surface area contributed by atoms with Crippen LogP contribution in [0.2, 0.25) is 0 Å². The second kappa shape index (κ2) is 5.55. The number of carbonyl (C=O) groups excluding carboxylic acids is 1. The second-order valence-electron chi connectivity index (χ2n) is 4.61. The zero-order valence-electron chi connectivity index (χ0n) is 10.7. The maximum absolute atomic E-state index is 12.4. The minimum absolute atomic E-state index is 0.0455. The van der Waals surface area contributed by atoms with Crippen LogP contribution in [0.3, 0.4) is 0 Å². The highest BCUT2D eigenvalue weighted by Gasteiger charge is 2.12. The molecule has 1 heterocycles. The number of benzene rings is 2. The molecule has 20 heavy (non-hydrogen) atoms. The second-order valence-corrected chi connectivity index (χ2v) is 5.52. The van der Waals surface area contributed by atoms with Gasteiger partial charge in [0.25, 0.3) is 0 Å². The molecule has 1 aromatic heterocycles. The van der Waals surface area contributed by atoms with Crippen molar-refractivity contribution in [3.05, 3.63) is 76.5 Å². The number of hydrogen-bond acceptors (Lipinski definition) is 2. The summed E-state index contributed by atoms with van der Waals surface area (Å²) in [4.78, 5) is 16.7. The van der Waals surface area contributed by atoms with Crippen molar-refractivity contribution in [3.63, 3.8) is 0 Å². The lowest BCUT2D eigenvalue weighted by Gasteiger charge is -2.05. The van der Waals surface area contributed by atoms with Crippen LogP contribution >= 0.6 is 15.9 Å². The van der Waals surface area contributed by atoms with E-state index in [0.717, 1.165) is 20.8 Å². The van der Waals surface area contributed by atoms with Crippen molar-refractivity contribution in [1.29, 1.82) is 0 Å². The van der Waals surface area contributed by atoms with Gasteiger partial charge in [0.2, 0.25) is 0 Å². The molecule has 0 aliphatic carbocycles. The zero-order valence-corrected chi connectivity index (χ0v) is 12.3. The van der Waals surface area contributed by atoms with Crippen LogP contribution in [-0.4, -0.2) is 10.8 Å². The van der Waals surface area contributed by atoms with E-state index >= 15 is 0 Å². The summed E-state index contributed by atoms with van der Waals surface area (Å²) < 4.78 is 1.01. The van der Waals surface area contributed by atoms with Gasteiger partial charge in [-0.3, -0.25) is 9.78 Å². The molecule has 2 aromatic carbocycles. The third kappa shape index (κ3) is 2.63. The number of carbonyl (C=O) groups is 1. The van der Waals surface area contributed by atoms with Crippen molar-refractivity contribution in [3.8, 4) is 0 Å². The lowest BCUT2D eigenvalue weighted by atomic mass is 10.0. The fraction of sp³-hybridized carbons (Fsp3) is 0.0588.